The summed E-state index contributed by atoms with van der Waals surface area (Å²) in [7, 11) is 0. The number of nitrogens with zero attached hydrogens (tertiary/aromatic N) is 3. The summed E-state index contributed by atoms with van der Waals surface area (Å²) in [5, 5.41) is 6.63. The SMILES string of the molecule is CCOC(=O)C(NCCCN=[N+]=[N-])c1ccc(CC)cc1. The Morgan fingerprint density at radius 1 is 1.38 bits per heavy atom. The molecule has 0 radical (unpaired) electrons. The van der Waals surface area contributed by atoms with Gasteiger partial charge in [0.15, 0.2) is 0 Å². The molecule has 0 aromatic heterocycles. The molecule has 0 aliphatic heterocycles. The summed E-state index contributed by atoms with van der Waals surface area (Å²) in [6.07, 6.45) is 1.64. The van der Waals surface area contributed by atoms with Crippen molar-refractivity contribution in [1.29, 1.82) is 0 Å². The Hall–Kier alpha value is -2.04. The Bertz CT molecular complexity index is 481. The van der Waals surface area contributed by atoms with Crippen LogP contribution in [-0.4, -0.2) is 25.7 Å². The highest BCUT2D eigenvalue weighted by Crippen LogP contribution is 2.16. The molecule has 0 saturated carbocycles. The van der Waals surface area contributed by atoms with Crippen molar-refractivity contribution in [3.05, 3.63) is 45.8 Å². The van der Waals surface area contributed by atoms with E-state index in [1.54, 1.807) is 6.92 Å². The molecule has 0 amide bonds. The molecule has 1 aromatic rings. The fourth-order valence-electron chi connectivity index (χ4n) is 1.95. The number of carbonyl (C=O) groups is 1. The van der Waals surface area contributed by atoms with Gasteiger partial charge < -0.3 is 10.1 Å². The van der Waals surface area contributed by atoms with Crippen LogP contribution in [0.3, 0.4) is 0 Å². The minimum atomic E-state index is -0.484. The first kappa shape index (κ1) is 17.0. The lowest BCUT2D eigenvalue weighted by atomic mass is 10.0. The Labute approximate surface area is 125 Å². The smallest absolute Gasteiger partial charge is 0.327 e. The van der Waals surface area contributed by atoms with E-state index in [4.69, 9.17) is 10.3 Å². The van der Waals surface area contributed by atoms with Crippen LogP contribution in [0, 0.1) is 0 Å². The van der Waals surface area contributed by atoms with E-state index in [1.165, 1.54) is 5.56 Å². The number of esters is 1. The van der Waals surface area contributed by atoms with E-state index in [2.05, 4.69) is 22.3 Å². The van der Waals surface area contributed by atoms with Gasteiger partial charge in [-0.25, -0.2) is 4.79 Å². The molecule has 6 nitrogen and oxygen atoms in total. The molecule has 21 heavy (non-hydrogen) atoms. The predicted octanol–water partition coefficient (Wildman–Crippen LogP) is 3.14. The summed E-state index contributed by atoms with van der Waals surface area (Å²) in [4.78, 5) is 14.8. The lowest BCUT2D eigenvalue weighted by molar-refractivity contribution is -0.145. The second kappa shape index (κ2) is 9.80. The molecule has 0 fully saturated rings. The molecular weight excluding hydrogens is 268 g/mol. The molecule has 1 aromatic carbocycles. The van der Waals surface area contributed by atoms with Crippen molar-refractivity contribution >= 4 is 5.97 Å². The van der Waals surface area contributed by atoms with Crippen molar-refractivity contribution in [1.82, 2.24) is 5.32 Å². The van der Waals surface area contributed by atoms with Crippen LogP contribution in [-0.2, 0) is 16.0 Å². The summed E-state index contributed by atoms with van der Waals surface area (Å²) >= 11 is 0. The molecular formula is C15H22N4O2. The lowest BCUT2D eigenvalue weighted by Gasteiger charge is -2.17. The van der Waals surface area contributed by atoms with Crippen LogP contribution in [0.15, 0.2) is 29.4 Å². The molecule has 0 bridgehead atoms. The van der Waals surface area contributed by atoms with Gasteiger partial charge in [-0.3, -0.25) is 0 Å². The van der Waals surface area contributed by atoms with Crippen molar-refractivity contribution < 1.29 is 9.53 Å². The minimum absolute atomic E-state index is 0.287. The maximum atomic E-state index is 12.1. The highest BCUT2D eigenvalue weighted by molar-refractivity contribution is 5.77. The van der Waals surface area contributed by atoms with Crippen LogP contribution in [0.5, 0.6) is 0 Å². The number of azide groups is 1. The summed E-state index contributed by atoms with van der Waals surface area (Å²) in [5.41, 5.74) is 10.3. The number of hydrogen-bond acceptors (Lipinski definition) is 4. The van der Waals surface area contributed by atoms with Crippen molar-refractivity contribution in [2.45, 2.75) is 32.7 Å². The molecule has 0 aliphatic rings. The van der Waals surface area contributed by atoms with Gasteiger partial charge in [0.2, 0.25) is 0 Å². The Morgan fingerprint density at radius 3 is 2.67 bits per heavy atom. The van der Waals surface area contributed by atoms with Gasteiger partial charge >= 0.3 is 5.97 Å². The van der Waals surface area contributed by atoms with E-state index in [9.17, 15) is 4.79 Å². The van der Waals surface area contributed by atoms with Crippen LogP contribution in [0.2, 0.25) is 0 Å². The lowest BCUT2D eigenvalue weighted by Crippen LogP contribution is -2.31. The van der Waals surface area contributed by atoms with Gasteiger partial charge in [0, 0.05) is 11.5 Å². The number of carbonyl (C=O) groups excluding carboxylic acids is 1. The predicted molar refractivity (Wildman–Crippen MR) is 81.8 cm³/mol. The van der Waals surface area contributed by atoms with Gasteiger partial charge in [-0.15, -0.1) is 0 Å². The molecule has 1 atom stereocenters. The summed E-state index contributed by atoms with van der Waals surface area (Å²) in [5.74, 6) is -0.287. The number of nitrogens with one attached hydrogen (secondary N) is 1. The van der Waals surface area contributed by atoms with Crippen molar-refractivity contribution in [3.63, 3.8) is 0 Å². The number of hydrogen-bond donors (Lipinski definition) is 1. The third kappa shape index (κ3) is 5.85. The largest absolute Gasteiger partial charge is 0.465 e. The van der Waals surface area contributed by atoms with Gasteiger partial charge in [-0.05, 0) is 43.0 Å². The molecule has 0 saturated heterocycles. The Morgan fingerprint density at radius 2 is 2.10 bits per heavy atom. The fraction of sp³-hybridized carbons (Fsp3) is 0.533. The third-order valence-corrected chi connectivity index (χ3v) is 3.09. The summed E-state index contributed by atoms with van der Waals surface area (Å²) in [6, 6.07) is 7.44. The standard InChI is InChI=1S/C15H22N4O2/c1-3-12-6-8-13(9-7-12)14(15(20)21-4-2)17-10-5-11-18-19-16/h6-9,14,17H,3-5,10-11H2,1-2H3. The van der Waals surface area contributed by atoms with Gasteiger partial charge in [0.25, 0.3) is 0 Å². The number of ether oxygens (including phenoxy) is 1. The first-order valence-corrected chi connectivity index (χ1v) is 7.22. The highest BCUT2D eigenvalue weighted by Gasteiger charge is 2.20. The topological polar surface area (TPSA) is 87.1 Å². The molecule has 1 N–H and O–H groups in total. The third-order valence-electron chi connectivity index (χ3n) is 3.09. The fourth-order valence-corrected chi connectivity index (χ4v) is 1.95. The number of benzene rings is 1. The van der Waals surface area contributed by atoms with Crippen molar-refractivity contribution in [2.75, 3.05) is 19.7 Å². The van der Waals surface area contributed by atoms with Gasteiger partial charge in [0.05, 0.1) is 6.61 Å². The van der Waals surface area contributed by atoms with Gasteiger partial charge in [-0.1, -0.05) is 36.3 Å². The van der Waals surface area contributed by atoms with Crippen LogP contribution >= 0.6 is 0 Å². The van der Waals surface area contributed by atoms with Gasteiger partial charge in [0.1, 0.15) is 6.04 Å². The molecule has 1 rings (SSSR count). The van der Waals surface area contributed by atoms with Crippen LogP contribution < -0.4 is 5.32 Å². The van der Waals surface area contributed by atoms with E-state index in [0.29, 0.717) is 26.1 Å². The minimum Gasteiger partial charge on any atom is -0.465 e. The normalized spacial score (nSPS) is 11.5. The van der Waals surface area contributed by atoms with Gasteiger partial charge in [-0.2, -0.15) is 0 Å². The zero-order chi connectivity index (χ0) is 15.5. The van der Waals surface area contributed by atoms with E-state index < -0.39 is 6.04 Å². The van der Waals surface area contributed by atoms with E-state index >= 15 is 0 Å². The van der Waals surface area contributed by atoms with E-state index in [0.717, 1.165) is 12.0 Å². The Balaban J connectivity index is 2.70. The van der Waals surface area contributed by atoms with Crippen LogP contribution in [0.4, 0.5) is 0 Å². The summed E-state index contributed by atoms with van der Waals surface area (Å²) in [6.45, 7) is 5.22. The zero-order valence-electron chi connectivity index (χ0n) is 12.6. The average molecular weight is 290 g/mol. The monoisotopic (exact) mass is 290 g/mol. The summed E-state index contributed by atoms with van der Waals surface area (Å²) < 4.78 is 5.11. The highest BCUT2D eigenvalue weighted by atomic mass is 16.5. The van der Waals surface area contributed by atoms with Crippen LogP contribution in [0.25, 0.3) is 10.4 Å². The van der Waals surface area contributed by atoms with E-state index in [-0.39, 0.29) is 5.97 Å². The quantitative estimate of drug-likeness (QED) is 0.249. The second-order valence-corrected chi connectivity index (χ2v) is 4.54. The Kier molecular flexibility index (Phi) is 7.94. The first-order valence-electron chi connectivity index (χ1n) is 7.22. The maximum Gasteiger partial charge on any atom is 0.327 e. The maximum absolute atomic E-state index is 12.1. The second-order valence-electron chi connectivity index (χ2n) is 4.54. The first-order chi connectivity index (χ1) is 10.2. The van der Waals surface area contributed by atoms with Crippen molar-refractivity contribution in [2.24, 2.45) is 5.11 Å². The number of aryl methyl sites for hydroxylation is 1. The number of rotatable bonds is 9. The van der Waals surface area contributed by atoms with E-state index in [1.807, 2.05) is 24.3 Å². The molecule has 0 spiro atoms. The van der Waals surface area contributed by atoms with Crippen molar-refractivity contribution in [3.8, 4) is 0 Å². The zero-order valence-corrected chi connectivity index (χ0v) is 12.6. The molecule has 6 heteroatoms. The van der Waals surface area contributed by atoms with Crippen LogP contribution in [0.1, 0.15) is 37.4 Å². The molecule has 0 aliphatic carbocycles. The molecule has 1 unspecified atom stereocenters. The average Bonchev–Trinajstić information content (AvgIpc) is 2.51. The molecule has 114 valence electrons. The molecule has 0 heterocycles.